The molecule has 3 N–H and O–H groups in total. The summed E-state index contributed by atoms with van der Waals surface area (Å²) in [6.07, 6.45) is 94.9. The summed E-state index contributed by atoms with van der Waals surface area (Å²) in [7, 11) is 0. The molecule has 6 nitrogen and oxygen atoms in total. The fourth-order valence-electron chi connectivity index (χ4n) is 11.6. The van der Waals surface area contributed by atoms with E-state index in [2.05, 4.69) is 55.6 Å². The third-order valence-electron chi connectivity index (χ3n) is 17.3. The van der Waals surface area contributed by atoms with Crippen LogP contribution in [-0.4, -0.2) is 47.4 Å². The molecule has 0 aromatic rings. The first-order valence-corrected chi connectivity index (χ1v) is 37.4. The number of esters is 1. The first-order chi connectivity index (χ1) is 41.0. The minimum absolute atomic E-state index is 0.00989. The number of hydrogen-bond acceptors (Lipinski definition) is 5. The molecule has 0 radical (unpaired) electrons. The Labute approximate surface area is 518 Å². The smallest absolute Gasteiger partial charge is 0.305 e. The van der Waals surface area contributed by atoms with Crippen LogP contribution in [0.25, 0.3) is 0 Å². The highest BCUT2D eigenvalue weighted by molar-refractivity contribution is 5.76. The lowest BCUT2D eigenvalue weighted by atomic mass is 10.0. The van der Waals surface area contributed by atoms with Crippen LogP contribution in [0.1, 0.15) is 406 Å². The average Bonchev–Trinajstić information content (AvgIpc) is 3.49. The standard InChI is InChI=1S/C77H145NO5/c1-3-5-7-9-11-13-15-17-19-21-38-41-45-49-53-57-61-65-69-75(80)74(73-79)78-76(81)70-66-62-58-54-50-46-42-39-35-33-31-29-27-25-23-22-24-26-28-30-32-34-36-40-44-48-52-56-60-64-68-72-83-77(82)71-67-63-59-55-51-47-43-37-20-18-16-14-12-10-8-6-4-2/h18,20,24,26,30,32,65,69,74-75,79-80H,3-17,19,21-23,25,27-29,31,33-64,66-68,70-73H2,1-2H3,(H,78,81)/b20-18-,26-24-,32-30-,69-65+. The summed E-state index contributed by atoms with van der Waals surface area (Å²) in [4.78, 5) is 24.6. The number of hydrogen-bond donors (Lipinski definition) is 3. The summed E-state index contributed by atoms with van der Waals surface area (Å²) < 4.78 is 5.50. The quantitative estimate of drug-likeness (QED) is 0.0320. The lowest BCUT2D eigenvalue weighted by Crippen LogP contribution is -2.45. The van der Waals surface area contributed by atoms with Gasteiger partial charge in [0.05, 0.1) is 25.4 Å². The largest absolute Gasteiger partial charge is 0.466 e. The zero-order chi connectivity index (χ0) is 59.9. The summed E-state index contributed by atoms with van der Waals surface area (Å²) in [6.45, 7) is 4.93. The molecule has 0 aliphatic heterocycles. The molecule has 0 saturated carbocycles. The van der Waals surface area contributed by atoms with Crippen molar-refractivity contribution in [3.8, 4) is 0 Å². The molecule has 83 heavy (non-hydrogen) atoms. The van der Waals surface area contributed by atoms with Gasteiger partial charge in [0.1, 0.15) is 0 Å². The number of carbonyl (C=O) groups is 2. The van der Waals surface area contributed by atoms with Crippen molar-refractivity contribution in [2.24, 2.45) is 0 Å². The molecule has 6 heteroatoms. The maximum Gasteiger partial charge on any atom is 0.305 e. The predicted molar refractivity (Wildman–Crippen MR) is 366 cm³/mol. The molecular formula is C77H145NO5. The number of amides is 1. The van der Waals surface area contributed by atoms with E-state index in [1.54, 1.807) is 6.08 Å². The van der Waals surface area contributed by atoms with Gasteiger partial charge in [0, 0.05) is 12.8 Å². The van der Waals surface area contributed by atoms with Gasteiger partial charge in [-0.2, -0.15) is 0 Å². The van der Waals surface area contributed by atoms with Gasteiger partial charge in [0.25, 0.3) is 0 Å². The van der Waals surface area contributed by atoms with E-state index in [1.807, 2.05) is 6.08 Å². The Morgan fingerprint density at radius 3 is 0.928 bits per heavy atom. The molecule has 0 aliphatic carbocycles. The zero-order valence-corrected chi connectivity index (χ0v) is 55.9. The van der Waals surface area contributed by atoms with Gasteiger partial charge >= 0.3 is 5.97 Å². The summed E-state index contributed by atoms with van der Waals surface area (Å²) in [5.74, 6) is -0.0546. The lowest BCUT2D eigenvalue weighted by Gasteiger charge is -2.20. The van der Waals surface area contributed by atoms with Gasteiger partial charge in [-0.15, -0.1) is 0 Å². The monoisotopic (exact) mass is 1160 g/mol. The minimum Gasteiger partial charge on any atom is -0.466 e. The van der Waals surface area contributed by atoms with E-state index < -0.39 is 12.1 Å². The molecule has 2 atom stereocenters. The molecule has 0 rings (SSSR count). The van der Waals surface area contributed by atoms with Crippen molar-refractivity contribution < 1.29 is 24.5 Å². The minimum atomic E-state index is -0.845. The number of rotatable bonds is 70. The van der Waals surface area contributed by atoms with Crippen LogP contribution >= 0.6 is 0 Å². The zero-order valence-electron chi connectivity index (χ0n) is 55.9. The highest BCUT2D eigenvalue weighted by atomic mass is 16.5. The van der Waals surface area contributed by atoms with E-state index in [0.29, 0.717) is 19.4 Å². The third-order valence-corrected chi connectivity index (χ3v) is 17.3. The maximum absolute atomic E-state index is 12.5. The van der Waals surface area contributed by atoms with E-state index in [4.69, 9.17) is 4.74 Å². The van der Waals surface area contributed by atoms with E-state index in [1.165, 1.54) is 327 Å². The third kappa shape index (κ3) is 68.8. The Balaban J connectivity index is 3.41. The topological polar surface area (TPSA) is 95.9 Å². The highest BCUT2D eigenvalue weighted by Crippen LogP contribution is 2.18. The van der Waals surface area contributed by atoms with E-state index in [-0.39, 0.29) is 18.5 Å². The summed E-state index contributed by atoms with van der Waals surface area (Å²) in [6, 6.07) is -0.629. The van der Waals surface area contributed by atoms with Crippen LogP contribution in [0.4, 0.5) is 0 Å². The summed E-state index contributed by atoms with van der Waals surface area (Å²) in [5.41, 5.74) is 0. The van der Waals surface area contributed by atoms with Crippen LogP contribution in [-0.2, 0) is 14.3 Å². The molecule has 2 unspecified atom stereocenters. The van der Waals surface area contributed by atoms with Crippen molar-refractivity contribution in [2.45, 2.75) is 418 Å². The molecule has 0 bridgehead atoms. The van der Waals surface area contributed by atoms with E-state index in [0.717, 1.165) is 51.4 Å². The number of carbonyl (C=O) groups excluding carboxylic acids is 2. The predicted octanol–water partition coefficient (Wildman–Crippen LogP) is 24.4. The molecule has 1 amide bonds. The summed E-state index contributed by atoms with van der Waals surface area (Å²) >= 11 is 0. The van der Waals surface area contributed by atoms with Gasteiger partial charge in [-0.1, -0.05) is 351 Å². The molecule has 0 fully saturated rings. The fraction of sp³-hybridized carbons (Fsp3) is 0.870. The number of nitrogens with one attached hydrogen (secondary N) is 1. The van der Waals surface area contributed by atoms with Crippen molar-refractivity contribution in [1.29, 1.82) is 0 Å². The first-order valence-electron chi connectivity index (χ1n) is 37.4. The van der Waals surface area contributed by atoms with Gasteiger partial charge < -0.3 is 20.3 Å². The van der Waals surface area contributed by atoms with Crippen molar-refractivity contribution in [2.75, 3.05) is 13.2 Å². The number of allylic oxidation sites excluding steroid dienone is 7. The number of ether oxygens (including phenoxy) is 1. The molecule has 0 aromatic carbocycles. The van der Waals surface area contributed by atoms with Gasteiger partial charge in [0.15, 0.2) is 0 Å². The molecular weight excluding hydrogens is 1020 g/mol. The van der Waals surface area contributed by atoms with Gasteiger partial charge in [-0.05, 0) is 89.9 Å². The SMILES string of the molecule is CCCCCCCC/C=C\CCCCCCCCCC(=O)OCCCCCCCCCCC/C=C\C/C=C\CCCCCCCCCCCCCCCCCC(=O)NC(CO)C(O)/C=C/CCCCCCCCCCCCCCCCCC. The Morgan fingerprint density at radius 2 is 0.602 bits per heavy atom. The van der Waals surface area contributed by atoms with Crippen molar-refractivity contribution >= 4 is 11.9 Å². The van der Waals surface area contributed by atoms with Crippen LogP contribution in [0.5, 0.6) is 0 Å². The second-order valence-corrected chi connectivity index (χ2v) is 25.6. The normalized spacial score (nSPS) is 12.8. The van der Waals surface area contributed by atoms with Crippen molar-refractivity contribution in [3.63, 3.8) is 0 Å². The van der Waals surface area contributed by atoms with Crippen molar-refractivity contribution in [3.05, 3.63) is 48.6 Å². The Morgan fingerprint density at radius 1 is 0.337 bits per heavy atom. The fourth-order valence-corrected chi connectivity index (χ4v) is 11.6. The Hall–Kier alpha value is -2.18. The number of aliphatic hydroxyl groups excluding tert-OH is 2. The van der Waals surface area contributed by atoms with Crippen LogP contribution in [0.3, 0.4) is 0 Å². The second-order valence-electron chi connectivity index (χ2n) is 25.6. The first kappa shape index (κ1) is 80.8. The lowest BCUT2D eigenvalue weighted by molar-refractivity contribution is -0.143. The van der Waals surface area contributed by atoms with Crippen molar-refractivity contribution in [1.82, 2.24) is 5.32 Å². The number of unbranched alkanes of at least 4 members (excludes halogenated alkanes) is 53. The van der Waals surface area contributed by atoms with Crippen LogP contribution in [0.2, 0.25) is 0 Å². The molecule has 0 aliphatic rings. The molecule has 0 heterocycles. The average molecular weight is 1170 g/mol. The molecule has 0 saturated heterocycles. The van der Waals surface area contributed by atoms with E-state index >= 15 is 0 Å². The van der Waals surface area contributed by atoms with E-state index in [9.17, 15) is 19.8 Å². The van der Waals surface area contributed by atoms with Gasteiger partial charge in [-0.25, -0.2) is 0 Å². The highest BCUT2D eigenvalue weighted by Gasteiger charge is 2.18. The van der Waals surface area contributed by atoms with Crippen LogP contribution < -0.4 is 5.32 Å². The maximum atomic E-state index is 12.5. The molecule has 488 valence electrons. The molecule has 0 aromatic heterocycles. The Kier molecular flexibility index (Phi) is 70.4. The molecule has 0 spiro atoms. The van der Waals surface area contributed by atoms with Gasteiger partial charge in [0.2, 0.25) is 5.91 Å². The number of aliphatic hydroxyl groups is 2. The van der Waals surface area contributed by atoms with Gasteiger partial charge in [-0.3, -0.25) is 9.59 Å². The van der Waals surface area contributed by atoms with Crippen LogP contribution in [0.15, 0.2) is 48.6 Å². The van der Waals surface area contributed by atoms with Crippen LogP contribution in [0, 0.1) is 0 Å². The summed E-state index contributed by atoms with van der Waals surface area (Å²) in [5, 5.41) is 23.2. The Bertz CT molecular complexity index is 1390. The second kappa shape index (κ2) is 72.3.